The van der Waals surface area contributed by atoms with E-state index in [1.54, 1.807) is 0 Å². The van der Waals surface area contributed by atoms with Gasteiger partial charge in [0.15, 0.2) is 5.82 Å². The predicted octanol–water partition coefficient (Wildman–Crippen LogP) is 3.46. The summed E-state index contributed by atoms with van der Waals surface area (Å²) in [6.07, 6.45) is 0. The molecule has 0 spiro atoms. The largest absolute Gasteiger partial charge is 0.491 e. The van der Waals surface area contributed by atoms with Gasteiger partial charge in [-0.3, -0.25) is 5.32 Å². The molecule has 1 atom stereocenters. The molecule has 0 unspecified atom stereocenters. The minimum absolute atomic E-state index is 0.164. The van der Waals surface area contributed by atoms with Crippen LogP contribution in [0.1, 0.15) is 11.6 Å². The minimum atomic E-state index is -0.323. The summed E-state index contributed by atoms with van der Waals surface area (Å²) in [5, 5.41) is 6.08. The molecule has 7 heteroatoms. The normalized spacial score (nSPS) is 15.4. The molecule has 1 aliphatic rings. The number of carbonyl (C=O) groups is 1. The molecule has 4 rings (SSSR count). The van der Waals surface area contributed by atoms with Gasteiger partial charge in [-0.05, 0) is 6.07 Å². The second-order valence-corrected chi connectivity index (χ2v) is 6.04. The Bertz CT molecular complexity index is 866. The highest BCUT2D eigenvalue weighted by Gasteiger charge is 2.25. The number of nitrogens with one attached hydrogen (secondary N) is 2. The molecule has 0 radical (unpaired) electrons. The smallest absolute Gasteiger partial charge is 0.321 e. The van der Waals surface area contributed by atoms with Crippen LogP contribution >= 0.6 is 11.5 Å². The number of ether oxygens (including phenoxy) is 1. The van der Waals surface area contributed by atoms with Crippen molar-refractivity contribution in [3.8, 4) is 17.1 Å². The van der Waals surface area contributed by atoms with Gasteiger partial charge in [0.05, 0.1) is 6.04 Å². The van der Waals surface area contributed by atoms with E-state index < -0.39 is 0 Å². The Hall–Kier alpha value is -2.93. The van der Waals surface area contributed by atoms with Gasteiger partial charge in [0.2, 0.25) is 5.13 Å². The molecule has 24 heavy (non-hydrogen) atoms. The number of hydrogen-bond acceptors (Lipinski definition) is 5. The van der Waals surface area contributed by atoms with Crippen LogP contribution in [0.15, 0.2) is 54.6 Å². The van der Waals surface area contributed by atoms with Crippen molar-refractivity contribution < 1.29 is 9.53 Å². The maximum Gasteiger partial charge on any atom is 0.321 e. The van der Waals surface area contributed by atoms with E-state index >= 15 is 0 Å². The van der Waals surface area contributed by atoms with E-state index in [2.05, 4.69) is 20.0 Å². The predicted molar refractivity (Wildman–Crippen MR) is 92.2 cm³/mol. The number of anilines is 1. The Morgan fingerprint density at radius 1 is 1.12 bits per heavy atom. The van der Waals surface area contributed by atoms with Gasteiger partial charge in [-0.15, -0.1) is 0 Å². The fourth-order valence-electron chi connectivity index (χ4n) is 2.55. The van der Waals surface area contributed by atoms with Gasteiger partial charge < -0.3 is 10.1 Å². The molecule has 1 aliphatic heterocycles. The van der Waals surface area contributed by atoms with Gasteiger partial charge in [-0.1, -0.05) is 48.5 Å². The Labute approximate surface area is 142 Å². The third-order valence-electron chi connectivity index (χ3n) is 3.68. The van der Waals surface area contributed by atoms with Crippen LogP contribution in [0, 0.1) is 0 Å². The molecule has 0 fully saturated rings. The molecule has 1 aromatic heterocycles. The molecule has 2 N–H and O–H groups in total. The summed E-state index contributed by atoms with van der Waals surface area (Å²) in [7, 11) is 0. The number of rotatable bonds is 3. The summed E-state index contributed by atoms with van der Waals surface area (Å²) in [4.78, 5) is 16.5. The van der Waals surface area contributed by atoms with Crippen molar-refractivity contribution >= 4 is 22.7 Å². The van der Waals surface area contributed by atoms with Crippen molar-refractivity contribution in [3.63, 3.8) is 0 Å². The number of nitrogens with zero attached hydrogens (tertiary/aromatic N) is 2. The highest BCUT2D eigenvalue weighted by Crippen LogP contribution is 2.31. The number of urea groups is 1. The summed E-state index contributed by atoms with van der Waals surface area (Å²) < 4.78 is 9.83. The van der Waals surface area contributed by atoms with Gasteiger partial charge in [-0.2, -0.15) is 9.36 Å². The standard InChI is InChI=1S/C17H14N4O2S/c22-16(18-13-10-23-14-9-5-4-8-12(13)14)20-17-19-15(21-24-17)11-6-2-1-3-7-11/h1-9,13H,10H2,(H2,18,19,20,21,22)/t13-/m1/s1. The van der Waals surface area contributed by atoms with Crippen LogP contribution in [0.5, 0.6) is 5.75 Å². The highest BCUT2D eigenvalue weighted by atomic mass is 32.1. The van der Waals surface area contributed by atoms with Crippen molar-refractivity contribution in [1.29, 1.82) is 0 Å². The number of carbonyl (C=O) groups excluding carboxylic acids is 1. The zero-order valence-corrected chi connectivity index (χ0v) is 13.4. The molecule has 0 aliphatic carbocycles. The van der Waals surface area contributed by atoms with Crippen LogP contribution in [0.3, 0.4) is 0 Å². The quantitative estimate of drug-likeness (QED) is 0.767. The summed E-state index contributed by atoms with van der Waals surface area (Å²) in [6.45, 7) is 0.429. The molecule has 0 bridgehead atoms. The average Bonchev–Trinajstić information content (AvgIpc) is 3.23. The SMILES string of the molecule is O=C(Nc1nc(-c2ccccc2)ns1)N[C@@H]1COc2ccccc21. The molecule has 2 amide bonds. The fourth-order valence-corrected chi connectivity index (χ4v) is 3.14. The van der Waals surface area contributed by atoms with Crippen LogP contribution in [-0.2, 0) is 0 Å². The van der Waals surface area contributed by atoms with Crippen LogP contribution in [0.25, 0.3) is 11.4 Å². The second kappa shape index (κ2) is 6.29. The lowest BCUT2D eigenvalue weighted by Crippen LogP contribution is -2.33. The lowest BCUT2D eigenvalue weighted by Gasteiger charge is -2.11. The maximum atomic E-state index is 12.2. The Balaban J connectivity index is 1.42. The van der Waals surface area contributed by atoms with Crippen LogP contribution in [0.4, 0.5) is 9.93 Å². The second-order valence-electron chi connectivity index (χ2n) is 5.29. The van der Waals surface area contributed by atoms with Crippen molar-refractivity contribution in [2.24, 2.45) is 0 Å². The minimum Gasteiger partial charge on any atom is -0.491 e. The van der Waals surface area contributed by atoms with E-state index in [9.17, 15) is 4.79 Å². The maximum absolute atomic E-state index is 12.2. The van der Waals surface area contributed by atoms with Crippen LogP contribution in [0.2, 0.25) is 0 Å². The van der Waals surface area contributed by atoms with E-state index in [-0.39, 0.29) is 12.1 Å². The Morgan fingerprint density at radius 3 is 2.79 bits per heavy atom. The van der Waals surface area contributed by atoms with Crippen LogP contribution in [-0.4, -0.2) is 22.0 Å². The van der Waals surface area contributed by atoms with Crippen molar-refractivity contribution in [3.05, 3.63) is 60.2 Å². The topological polar surface area (TPSA) is 76.1 Å². The Kier molecular flexibility index (Phi) is 3.84. The summed E-state index contributed by atoms with van der Waals surface area (Å²) in [5.41, 5.74) is 1.90. The lowest BCUT2D eigenvalue weighted by molar-refractivity contribution is 0.243. The van der Waals surface area contributed by atoms with E-state index in [0.717, 1.165) is 28.4 Å². The molecular formula is C17H14N4O2S. The molecular weight excluding hydrogens is 324 g/mol. The number of fused-ring (bicyclic) bond motifs is 1. The first kappa shape index (κ1) is 14.6. The van der Waals surface area contributed by atoms with Gasteiger partial charge in [0, 0.05) is 22.7 Å². The Morgan fingerprint density at radius 2 is 1.92 bits per heavy atom. The first-order valence-corrected chi connectivity index (χ1v) is 8.25. The molecule has 6 nitrogen and oxygen atoms in total. The van der Waals surface area contributed by atoms with Crippen molar-refractivity contribution in [2.45, 2.75) is 6.04 Å². The third-order valence-corrected chi connectivity index (χ3v) is 4.31. The molecule has 120 valence electrons. The molecule has 2 aromatic carbocycles. The first-order chi connectivity index (χ1) is 11.8. The van der Waals surface area contributed by atoms with E-state index in [4.69, 9.17) is 4.74 Å². The summed E-state index contributed by atoms with van der Waals surface area (Å²) in [6, 6.07) is 16.8. The van der Waals surface area contributed by atoms with Gasteiger partial charge >= 0.3 is 6.03 Å². The summed E-state index contributed by atoms with van der Waals surface area (Å²) in [5.74, 6) is 1.41. The monoisotopic (exact) mass is 338 g/mol. The number of para-hydroxylation sites is 1. The fraction of sp³-hybridized carbons (Fsp3) is 0.118. The van der Waals surface area contributed by atoms with Gasteiger partial charge in [0.1, 0.15) is 12.4 Å². The van der Waals surface area contributed by atoms with E-state index in [1.165, 1.54) is 0 Å². The summed E-state index contributed by atoms with van der Waals surface area (Å²) >= 11 is 1.15. The van der Waals surface area contributed by atoms with Crippen molar-refractivity contribution in [1.82, 2.24) is 14.7 Å². The number of aromatic nitrogens is 2. The average molecular weight is 338 g/mol. The zero-order valence-electron chi connectivity index (χ0n) is 12.6. The highest BCUT2D eigenvalue weighted by molar-refractivity contribution is 7.10. The van der Waals surface area contributed by atoms with Gasteiger partial charge in [0.25, 0.3) is 0 Å². The lowest BCUT2D eigenvalue weighted by atomic mass is 10.1. The molecule has 2 heterocycles. The van der Waals surface area contributed by atoms with Gasteiger partial charge in [-0.25, -0.2) is 4.79 Å². The zero-order chi connectivity index (χ0) is 16.4. The molecule has 0 saturated carbocycles. The number of hydrogen-bond donors (Lipinski definition) is 2. The molecule has 0 saturated heterocycles. The number of amides is 2. The first-order valence-electron chi connectivity index (χ1n) is 7.48. The number of benzene rings is 2. The third kappa shape index (κ3) is 2.93. The molecule has 3 aromatic rings. The van der Waals surface area contributed by atoms with Crippen molar-refractivity contribution in [2.75, 3.05) is 11.9 Å². The van der Waals surface area contributed by atoms with Crippen LogP contribution < -0.4 is 15.4 Å². The van der Waals surface area contributed by atoms with E-state index in [1.807, 2.05) is 54.6 Å². The van der Waals surface area contributed by atoms with E-state index in [0.29, 0.717) is 17.6 Å².